The second-order valence-corrected chi connectivity index (χ2v) is 12.0. The molecule has 1 atom stereocenters. The number of carbonyl (C=O) groups excluding carboxylic acids is 1. The minimum Gasteiger partial charge on any atom is -0.496 e. The first-order valence-electron chi connectivity index (χ1n) is 13.6. The molecule has 2 aromatic heterocycles. The molecule has 1 unspecified atom stereocenters. The third-order valence-electron chi connectivity index (χ3n) is 7.13. The van der Waals surface area contributed by atoms with Crippen LogP contribution in [0.1, 0.15) is 59.1 Å². The van der Waals surface area contributed by atoms with Crippen LogP contribution < -0.4 is 10.1 Å². The lowest BCUT2D eigenvalue weighted by molar-refractivity contribution is -0.0298. The fourth-order valence-corrected chi connectivity index (χ4v) is 5.59. The van der Waals surface area contributed by atoms with Crippen LogP contribution in [-0.4, -0.2) is 69.5 Å². The first kappa shape index (κ1) is 27.6. The number of aromatic nitrogens is 4. The molecule has 4 heterocycles. The van der Waals surface area contributed by atoms with Crippen molar-refractivity contribution in [1.29, 1.82) is 0 Å². The summed E-state index contributed by atoms with van der Waals surface area (Å²) in [6.07, 6.45) is 6.38. The van der Waals surface area contributed by atoms with Gasteiger partial charge in [-0.15, -0.1) is 0 Å². The van der Waals surface area contributed by atoms with Gasteiger partial charge in [0.15, 0.2) is 5.65 Å². The van der Waals surface area contributed by atoms with Crippen molar-refractivity contribution in [2.75, 3.05) is 38.7 Å². The van der Waals surface area contributed by atoms with Gasteiger partial charge >= 0.3 is 6.09 Å². The van der Waals surface area contributed by atoms with Crippen LogP contribution in [0, 0.1) is 5.92 Å². The molecule has 10 nitrogen and oxygen atoms in total. The molecule has 0 radical (unpaired) electrons. The number of amides is 1. The van der Waals surface area contributed by atoms with Gasteiger partial charge in [0.1, 0.15) is 28.8 Å². The van der Waals surface area contributed by atoms with E-state index in [1.54, 1.807) is 12.0 Å². The van der Waals surface area contributed by atoms with Gasteiger partial charge in [-0.3, -0.25) is 4.57 Å². The Morgan fingerprint density at radius 2 is 1.97 bits per heavy atom. The van der Waals surface area contributed by atoms with Crippen molar-refractivity contribution in [2.45, 2.75) is 64.7 Å². The van der Waals surface area contributed by atoms with Crippen molar-refractivity contribution in [2.24, 2.45) is 5.92 Å². The van der Waals surface area contributed by atoms with E-state index in [1.165, 1.54) is 0 Å². The molecule has 5 rings (SSSR count). The summed E-state index contributed by atoms with van der Waals surface area (Å²) >= 11 is 3.60. The second-order valence-electron chi connectivity index (χ2n) is 11.2. The number of fused-ring (bicyclic) bond motifs is 1. The highest BCUT2D eigenvalue weighted by molar-refractivity contribution is 9.10. The van der Waals surface area contributed by atoms with E-state index in [9.17, 15) is 4.79 Å². The van der Waals surface area contributed by atoms with Crippen molar-refractivity contribution in [3.05, 3.63) is 29.0 Å². The maximum Gasteiger partial charge on any atom is 0.410 e. The Bertz CT molecular complexity index is 1310. The van der Waals surface area contributed by atoms with Gasteiger partial charge in [0, 0.05) is 31.8 Å². The first-order valence-corrected chi connectivity index (χ1v) is 14.4. The number of piperidine rings is 1. The zero-order chi connectivity index (χ0) is 27.6. The number of ether oxygens (including phenoxy) is 3. The Labute approximate surface area is 237 Å². The summed E-state index contributed by atoms with van der Waals surface area (Å²) < 4.78 is 19.9. The van der Waals surface area contributed by atoms with E-state index in [0.717, 1.165) is 71.4 Å². The number of hydrogen-bond acceptors (Lipinski definition) is 8. The summed E-state index contributed by atoms with van der Waals surface area (Å²) in [4.78, 5) is 28.8. The topological polar surface area (TPSA) is 104 Å². The van der Waals surface area contributed by atoms with E-state index >= 15 is 0 Å². The molecule has 2 aliphatic rings. The number of hydrogen-bond donors (Lipinski definition) is 1. The van der Waals surface area contributed by atoms with E-state index in [0.29, 0.717) is 31.5 Å². The molecule has 11 heteroatoms. The predicted molar refractivity (Wildman–Crippen MR) is 153 cm³/mol. The van der Waals surface area contributed by atoms with Crippen molar-refractivity contribution >= 4 is 39.1 Å². The highest BCUT2D eigenvalue weighted by atomic mass is 79.9. The average Bonchev–Trinajstić information content (AvgIpc) is 3.35. The second kappa shape index (κ2) is 11.7. The Kier molecular flexibility index (Phi) is 8.27. The van der Waals surface area contributed by atoms with Gasteiger partial charge in [0.25, 0.3) is 0 Å². The summed E-state index contributed by atoms with van der Waals surface area (Å²) in [5.41, 5.74) is 2.66. The molecule has 1 aromatic carbocycles. The predicted octanol–water partition coefficient (Wildman–Crippen LogP) is 6.02. The minimum atomic E-state index is -0.488. The van der Waals surface area contributed by atoms with Gasteiger partial charge in [-0.25, -0.2) is 14.8 Å². The largest absolute Gasteiger partial charge is 0.496 e. The zero-order valence-electron chi connectivity index (χ0n) is 23.1. The summed E-state index contributed by atoms with van der Waals surface area (Å²) in [6.45, 7) is 8.49. The van der Waals surface area contributed by atoms with Crippen molar-refractivity contribution in [3.63, 3.8) is 0 Å². The lowest BCUT2D eigenvalue weighted by atomic mass is 9.97. The number of carbonyl (C=O) groups is 1. The Hall–Kier alpha value is -2.92. The molecule has 1 amide bonds. The van der Waals surface area contributed by atoms with Crippen LogP contribution in [0.2, 0.25) is 0 Å². The van der Waals surface area contributed by atoms with Gasteiger partial charge < -0.3 is 24.4 Å². The zero-order valence-corrected chi connectivity index (χ0v) is 24.7. The summed E-state index contributed by atoms with van der Waals surface area (Å²) in [6, 6.07) is 5.89. The van der Waals surface area contributed by atoms with Crippen LogP contribution in [0.4, 0.5) is 10.7 Å². The molecular weight excluding hydrogens is 564 g/mol. The molecule has 210 valence electrons. The van der Waals surface area contributed by atoms with Gasteiger partial charge in [0.05, 0.1) is 17.9 Å². The normalized spacial score (nSPS) is 18.8. The summed E-state index contributed by atoms with van der Waals surface area (Å²) in [5.74, 6) is 1.70. The van der Waals surface area contributed by atoms with Gasteiger partial charge in [-0.1, -0.05) is 0 Å². The molecule has 0 saturated carbocycles. The summed E-state index contributed by atoms with van der Waals surface area (Å²) in [5, 5.41) is 3.48. The van der Waals surface area contributed by atoms with E-state index in [1.807, 2.05) is 49.9 Å². The Balaban J connectivity index is 1.36. The lowest BCUT2D eigenvalue weighted by Crippen LogP contribution is -2.42. The number of anilines is 1. The molecule has 0 spiro atoms. The molecule has 0 bridgehead atoms. The third-order valence-corrected chi connectivity index (χ3v) is 7.75. The fourth-order valence-electron chi connectivity index (χ4n) is 5.05. The maximum atomic E-state index is 12.4. The maximum absolute atomic E-state index is 12.4. The summed E-state index contributed by atoms with van der Waals surface area (Å²) in [7, 11) is 1.65. The number of methoxy groups -OCH3 is 1. The molecule has 0 aliphatic carbocycles. The van der Waals surface area contributed by atoms with Crippen LogP contribution in [0.3, 0.4) is 0 Å². The lowest BCUT2D eigenvalue weighted by Gasteiger charge is -2.33. The highest BCUT2D eigenvalue weighted by Crippen LogP contribution is 2.34. The van der Waals surface area contributed by atoms with Gasteiger partial charge in [-0.05, 0) is 92.9 Å². The average molecular weight is 602 g/mol. The quantitative estimate of drug-likeness (QED) is 0.366. The third kappa shape index (κ3) is 6.46. The van der Waals surface area contributed by atoms with Crippen molar-refractivity contribution in [1.82, 2.24) is 24.4 Å². The van der Waals surface area contributed by atoms with E-state index < -0.39 is 5.60 Å². The Morgan fingerprint density at radius 1 is 1.18 bits per heavy atom. The smallest absolute Gasteiger partial charge is 0.410 e. The first-order chi connectivity index (χ1) is 18.7. The highest BCUT2D eigenvalue weighted by Gasteiger charge is 2.27. The van der Waals surface area contributed by atoms with Gasteiger partial charge in [-0.2, -0.15) is 4.98 Å². The number of likely N-dealkylation sites (tertiary alicyclic amines) is 1. The SMILES string of the molecule is COc1ccc(-c2nc(NCC3CCN(C(=O)OC(C)(C)C)CC3)nc3c2ncn3C2CCCCO2)cc1Br. The van der Waals surface area contributed by atoms with Crippen LogP contribution in [0.15, 0.2) is 29.0 Å². The standard InChI is InChI=1S/C28H37BrN6O4/c1-28(2,3)39-27(36)34-12-10-18(11-13-34)16-30-26-32-23(19-8-9-21(37-4)20(29)15-19)24-25(33-26)35(17-31-24)22-7-5-6-14-38-22/h8-9,15,17-18,22H,5-7,10-14,16H2,1-4H3,(H,30,32,33). The van der Waals surface area contributed by atoms with Crippen molar-refractivity contribution in [3.8, 4) is 17.0 Å². The van der Waals surface area contributed by atoms with Crippen molar-refractivity contribution < 1.29 is 19.0 Å². The van der Waals surface area contributed by atoms with Crippen LogP contribution in [-0.2, 0) is 9.47 Å². The van der Waals surface area contributed by atoms with Gasteiger partial charge in [0.2, 0.25) is 5.95 Å². The van der Waals surface area contributed by atoms with Crippen LogP contribution >= 0.6 is 15.9 Å². The number of nitrogens with one attached hydrogen (secondary N) is 1. The molecule has 2 aliphatic heterocycles. The van der Waals surface area contributed by atoms with Crippen LogP contribution in [0.25, 0.3) is 22.4 Å². The molecule has 3 aromatic rings. The van der Waals surface area contributed by atoms with Crippen LogP contribution in [0.5, 0.6) is 5.75 Å². The molecule has 2 saturated heterocycles. The molecule has 39 heavy (non-hydrogen) atoms. The minimum absolute atomic E-state index is 0.0841. The number of rotatable bonds is 6. The Morgan fingerprint density at radius 3 is 2.64 bits per heavy atom. The monoisotopic (exact) mass is 600 g/mol. The molecular formula is C28H37BrN6O4. The number of halogens is 1. The molecule has 1 N–H and O–H groups in total. The van der Waals surface area contributed by atoms with E-state index in [4.69, 9.17) is 29.2 Å². The number of imidazole rings is 1. The fraction of sp³-hybridized carbons (Fsp3) is 0.571. The van der Waals surface area contributed by atoms with E-state index in [-0.39, 0.29) is 12.3 Å². The van der Waals surface area contributed by atoms with E-state index in [2.05, 4.69) is 21.2 Å². The number of benzene rings is 1. The number of nitrogens with zero attached hydrogens (tertiary/aromatic N) is 5. The molecule has 2 fully saturated rings.